The van der Waals surface area contributed by atoms with Crippen molar-refractivity contribution in [1.29, 1.82) is 0 Å². The van der Waals surface area contributed by atoms with Gasteiger partial charge in [-0.2, -0.15) is 0 Å². The van der Waals surface area contributed by atoms with E-state index >= 15 is 0 Å². The molecule has 2 aromatic heterocycles. The summed E-state index contributed by atoms with van der Waals surface area (Å²) in [5.41, 5.74) is 3.13. The van der Waals surface area contributed by atoms with Crippen LogP contribution < -0.4 is 10.1 Å². The highest BCUT2D eigenvalue weighted by Gasteiger charge is 2.06. The average Bonchev–Trinajstić information content (AvgIpc) is 2.47. The molecular formula is C16H21N3O. The molecule has 0 aliphatic heterocycles. The summed E-state index contributed by atoms with van der Waals surface area (Å²) in [7, 11) is 0. The lowest BCUT2D eigenvalue weighted by Crippen LogP contribution is -2.11. The Labute approximate surface area is 120 Å². The van der Waals surface area contributed by atoms with Crippen molar-refractivity contribution in [3.63, 3.8) is 0 Å². The highest BCUT2D eigenvalue weighted by Crippen LogP contribution is 2.24. The molecule has 4 nitrogen and oxygen atoms in total. The van der Waals surface area contributed by atoms with Gasteiger partial charge in [0, 0.05) is 24.5 Å². The van der Waals surface area contributed by atoms with E-state index in [0.29, 0.717) is 5.88 Å². The van der Waals surface area contributed by atoms with Gasteiger partial charge in [-0.3, -0.25) is 4.98 Å². The van der Waals surface area contributed by atoms with Gasteiger partial charge in [-0.15, -0.1) is 0 Å². The van der Waals surface area contributed by atoms with E-state index in [1.54, 1.807) is 6.20 Å². The van der Waals surface area contributed by atoms with Crippen molar-refractivity contribution in [2.75, 3.05) is 6.54 Å². The number of nitrogens with one attached hydrogen (secondary N) is 1. The predicted molar refractivity (Wildman–Crippen MR) is 80.0 cm³/mol. The number of hydrogen-bond acceptors (Lipinski definition) is 4. The Morgan fingerprint density at radius 2 is 2.05 bits per heavy atom. The summed E-state index contributed by atoms with van der Waals surface area (Å²) in [5, 5.41) is 3.29. The van der Waals surface area contributed by atoms with Crippen LogP contribution in [0.3, 0.4) is 0 Å². The van der Waals surface area contributed by atoms with Crippen LogP contribution in [-0.4, -0.2) is 16.5 Å². The molecule has 0 aliphatic carbocycles. The van der Waals surface area contributed by atoms with Crippen molar-refractivity contribution in [2.24, 2.45) is 0 Å². The van der Waals surface area contributed by atoms with Crippen molar-refractivity contribution in [3.8, 4) is 11.6 Å². The summed E-state index contributed by atoms with van der Waals surface area (Å²) in [6, 6.07) is 7.86. The van der Waals surface area contributed by atoms with Gasteiger partial charge in [-0.25, -0.2) is 4.98 Å². The molecule has 1 N–H and O–H groups in total. The van der Waals surface area contributed by atoms with E-state index < -0.39 is 0 Å². The molecule has 0 amide bonds. The van der Waals surface area contributed by atoms with Gasteiger partial charge >= 0.3 is 0 Å². The molecule has 0 saturated heterocycles. The smallest absolute Gasteiger partial charge is 0.219 e. The first kappa shape index (κ1) is 14.5. The first-order valence-corrected chi connectivity index (χ1v) is 7.03. The number of rotatable bonds is 6. The van der Waals surface area contributed by atoms with Crippen LogP contribution >= 0.6 is 0 Å². The van der Waals surface area contributed by atoms with E-state index in [9.17, 15) is 0 Å². The molecular weight excluding hydrogens is 250 g/mol. The van der Waals surface area contributed by atoms with E-state index in [-0.39, 0.29) is 0 Å². The summed E-state index contributed by atoms with van der Waals surface area (Å²) in [4.78, 5) is 8.76. The molecule has 2 heterocycles. The van der Waals surface area contributed by atoms with Crippen LogP contribution in [0.5, 0.6) is 11.6 Å². The number of aryl methyl sites for hydroxylation is 2. The number of aromatic nitrogens is 2. The molecule has 2 rings (SSSR count). The number of nitrogens with zero attached hydrogens (tertiary/aromatic N) is 2. The SMILES string of the molecule is CCNCc1ccnc(Oc2ccc(C)nc2CC)c1. The Morgan fingerprint density at radius 1 is 1.20 bits per heavy atom. The molecule has 20 heavy (non-hydrogen) atoms. The second kappa shape index (κ2) is 7.01. The molecule has 0 aliphatic rings. The molecule has 0 saturated carbocycles. The highest BCUT2D eigenvalue weighted by molar-refractivity contribution is 5.33. The zero-order valence-corrected chi connectivity index (χ0v) is 12.3. The van der Waals surface area contributed by atoms with Crippen LogP contribution in [-0.2, 0) is 13.0 Å². The molecule has 2 aromatic rings. The lowest BCUT2D eigenvalue weighted by molar-refractivity contribution is 0.453. The second-order valence-electron chi connectivity index (χ2n) is 4.64. The van der Waals surface area contributed by atoms with Gasteiger partial charge in [-0.1, -0.05) is 13.8 Å². The molecule has 0 atom stereocenters. The highest BCUT2D eigenvalue weighted by atomic mass is 16.5. The van der Waals surface area contributed by atoms with Crippen LogP contribution in [0.2, 0.25) is 0 Å². The third-order valence-corrected chi connectivity index (χ3v) is 3.00. The van der Waals surface area contributed by atoms with Crippen molar-refractivity contribution in [1.82, 2.24) is 15.3 Å². The standard InChI is InChI=1S/C16H21N3O/c1-4-14-15(7-6-12(3)19-14)20-16-10-13(8-9-18-16)11-17-5-2/h6-10,17H,4-5,11H2,1-3H3. The number of ether oxygens (including phenoxy) is 1. The molecule has 106 valence electrons. The zero-order valence-electron chi connectivity index (χ0n) is 12.3. The molecule has 4 heteroatoms. The number of pyridine rings is 2. The van der Waals surface area contributed by atoms with E-state index in [2.05, 4.69) is 29.1 Å². The minimum absolute atomic E-state index is 0.612. The van der Waals surface area contributed by atoms with Crippen molar-refractivity contribution in [3.05, 3.63) is 47.4 Å². The Morgan fingerprint density at radius 3 is 2.80 bits per heavy atom. The van der Waals surface area contributed by atoms with E-state index in [0.717, 1.165) is 42.2 Å². The summed E-state index contributed by atoms with van der Waals surface area (Å²) < 4.78 is 5.87. The minimum atomic E-state index is 0.612. The molecule has 0 unspecified atom stereocenters. The quantitative estimate of drug-likeness (QED) is 0.876. The van der Waals surface area contributed by atoms with Crippen LogP contribution in [0.15, 0.2) is 30.5 Å². The van der Waals surface area contributed by atoms with E-state index in [1.165, 1.54) is 0 Å². The third-order valence-electron chi connectivity index (χ3n) is 3.00. The maximum atomic E-state index is 5.87. The first-order chi connectivity index (χ1) is 9.72. The van der Waals surface area contributed by atoms with Crippen LogP contribution in [0.1, 0.15) is 30.8 Å². The van der Waals surface area contributed by atoms with Crippen molar-refractivity contribution < 1.29 is 4.74 Å². The average molecular weight is 271 g/mol. The van der Waals surface area contributed by atoms with Crippen LogP contribution in [0.25, 0.3) is 0 Å². The fourth-order valence-electron chi connectivity index (χ4n) is 1.94. The summed E-state index contributed by atoms with van der Waals surface area (Å²) in [5.74, 6) is 1.40. The largest absolute Gasteiger partial charge is 0.437 e. The molecule has 0 bridgehead atoms. The second-order valence-corrected chi connectivity index (χ2v) is 4.64. The molecule has 0 fully saturated rings. The van der Waals surface area contributed by atoms with Crippen LogP contribution in [0, 0.1) is 6.92 Å². The van der Waals surface area contributed by atoms with Gasteiger partial charge in [0.1, 0.15) is 0 Å². The third kappa shape index (κ3) is 3.78. The van der Waals surface area contributed by atoms with Gasteiger partial charge < -0.3 is 10.1 Å². The first-order valence-electron chi connectivity index (χ1n) is 7.03. The zero-order chi connectivity index (χ0) is 14.4. The lowest BCUT2D eigenvalue weighted by atomic mass is 10.2. The summed E-state index contributed by atoms with van der Waals surface area (Å²) >= 11 is 0. The van der Waals surface area contributed by atoms with Gasteiger partial charge in [0.25, 0.3) is 0 Å². The molecule has 0 radical (unpaired) electrons. The normalized spacial score (nSPS) is 10.6. The Bertz CT molecular complexity index is 569. The summed E-state index contributed by atoms with van der Waals surface area (Å²) in [6.45, 7) is 7.91. The van der Waals surface area contributed by atoms with Crippen molar-refractivity contribution in [2.45, 2.75) is 33.7 Å². The van der Waals surface area contributed by atoms with Gasteiger partial charge in [0.05, 0.1) is 5.69 Å². The van der Waals surface area contributed by atoms with Crippen LogP contribution in [0.4, 0.5) is 0 Å². The Balaban J connectivity index is 2.17. The molecule has 0 spiro atoms. The maximum Gasteiger partial charge on any atom is 0.219 e. The Kier molecular flexibility index (Phi) is 5.07. The van der Waals surface area contributed by atoms with Gasteiger partial charge in [-0.05, 0) is 43.7 Å². The summed E-state index contributed by atoms with van der Waals surface area (Å²) in [6.07, 6.45) is 2.61. The lowest BCUT2D eigenvalue weighted by Gasteiger charge is -2.10. The van der Waals surface area contributed by atoms with E-state index in [1.807, 2.05) is 31.2 Å². The fourth-order valence-corrected chi connectivity index (χ4v) is 1.94. The van der Waals surface area contributed by atoms with Gasteiger partial charge in [0.15, 0.2) is 5.75 Å². The number of hydrogen-bond donors (Lipinski definition) is 1. The maximum absolute atomic E-state index is 5.87. The topological polar surface area (TPSA) is 47.0 Å². The monoisotopic (exact) mass is 271 g/mol. The van der Waals surface area contributed by atoms with Gasteiger partial charge in [0.2, 0.25) is 5.88 Å². The predicted octanol–water partition coefficient (Wildman–Crippen LogP) is 3.25. The minimum Gasteiger partial charge on any atom is -0.437 e. The fraction of sp³-hybridized carbons (Fsp3) is 0.375. The molecule has 0 aromatic carbocycles. The van der Waals surface area contributed by atoms with Crippen molar-refractivity contribution >= 4 is 0 Å². The van der Waals surface area contributed by atoms with E-state index in [4.69, 9.17) is 4.74 Å². The Hall–Kier alpha value is -1.94.